The highest BCUT2D eigenvalue weighted by atomic mass is 35.5. The molecule has 0 aliphatic rings. The smallest absolute Gasteiger partial charge is 0.264 e. The SMILES string of the molecule is CCNC(=O)[C@H](CC)N(Cc1ccc(Cl)cc1)C(=O)CN(c1cc(OC)ccc1OC)S(=O)(=O)c1ccc(C)cc1. The molecule has 0 unspecified atom stereocenters. The molecule has 9 nitrogen and oxygen atoms in total. The van der Waals surface area contributed by atoms with E-state index in [4.69, 9.17) is 21.1 Å². The Hall–Kier alpha value is -3.76. The summed E-state index contributed by atoms with van der Waals surface area (Å²) < 4.78 is 40.1. The van der Waals surface area contributed by atoms with Gasteiger partial charge in [0.15, 0.2) is 0 Å². The van der Waals surface area contributed by atoms with Crippen LogP contribution < -0.4 is 19.1 Å². The first-order chi connectivity index (χ1) is 19.5. The fraction of sp³-hybridized carbons (Fsp3) is 0.333. The maximum atomic E-state index is 14.1. The zero-order chi connectivity index (χ0) is 30.2. The Labute approximate surface area is 247 Å². The van der Waals surface area contributed by atoms with Gasteiger partial charge in [0, 0.05) is 24.2 Å². The monoisotopic (exact) mass is 601 g/mol. The van der Waals surface area contributed by atoms with Gasteiger partial charge in [-0.15, -0.1) is 0 Å². The van der Waals surface area contributed by atoms with Crippen LogP contribution >= 0.6 is 11.6 Å². The maximum Gasteiger partial charge on any atom is 0.264 e. The van der Waals surface area contributed by atoms with Crippen molar-refractivity contribution < 1.29 is 27.5 Å². The van der Waals surface area contributed by atoms with Gasteiger partial charge in [-0.3, -0.25) is 13.9 Å². The molecule has 0 saturated heterocycles. The number of carbonyl (C=O) groups excluding carboxylic acids is 2. The molecular weight excluding hydrogens is 566 g/mol. The van der Waals surface area contributed by atoms with E-state index in [-0.39, 0.29) is 28.8 Å². The van der Waals surface area contributed by atoms with Gasteiger partial charge in [-0.25, -0.2) is 8.42 Å². The molecule has 3 aromatic carbocycles. The highest BCUT2D eigenvalue weighted by molar-refractivity contribution is 7.92. The third-order valence-electron chi connectivity index (χ3n) is 6.55. The van der Waals surface area contributed by atoms with Crippen molar-refractivity contribution in [2.75, 3.05) is 31.6 Å². The van der Waals surface area contributed by atoms with E-state index >= 15 is 0 Å². The van der Waals surface area contributed by atoms with Crippen LogP contribution in [-0.2, 0) is 26.2 Å². The first kappa shape index (κ1) is 31.8. The van der Waals surface area contributed by atoms with E-state index in [1.165, 1.54) is 37.3 Å². The molecule has 3 aromatic rings. The number of hydrogen-bond donors (Lipinski definition) is 1. The molecule has 2 amide bonds. The van der Waals surface area contributed by atoms with Crippen LogP contribution in [0.3, 0.4) is 0 Å². The molecule has 220 valence electrons. The van der Waals surface area contributed by atoms with Gasteiger partial charge in [-0.1, -0.05) is 48.4 Å². The van der Waals surface area contributed by atoms with Crippen LogP contribution in [0, 0.1) is 6.92 Å². The topological polar surface area (TPSA) is 105 Å². The second-order valence-corrected chi connectivity index (χ2v) is 11.6. The number of hydrogen-bond acceptors (Lipinski definition) is 6. The Morgan fingerprint density at radius 1 is 0.951 bits per heavy atom. The summed E-state index contributed by atoms with van der Waals surface area (Å²) in [5.74, 6) is -0.290. The van der Waals surface area contributed by atoms with Gasteiger partial charge in [-0.2, -0.15) is 0 Å². The van der Waals surface area contributed by atoms with Crippen molar-refractivity contribution >= 4 is 39.1 Å². The molecule has 0 fully saturated rings. The number of carbonyl (C=O) groups is 2. The van der Waals surface area contributed by atoms with Gasteiger partial charge in [0.1, 0.15) is 24.1 Å². The van der Waals surface area contributed by atoms with Crippen LogP contribution in [0.5, 0.6) is 11.5 Å². The van der Waals surface area contributed by atoms with E-state index in [0.29, 0.717) is 23.7 Å². The molecule has 0 aliphatic heterocycles. The van der Waals surface area contributed by atoms with Gasteiger partial charge >= 0.3 is 0 Å². The Morgan fingerprint density at radius 2 is 1.61 bits per heavy atom. The molecule has 1 N–H and O–H groups in total. The molecule has 0 heterocycles. The van der Waals surface area contributed by atoms with Gasteiger partial charge in [-0.05, 0) is 62.2 Å². The summed E-state index contributed by atoms with van der Waals surface area (Å²) in [6.07, 6.45) is 0.318. The number of methoxy groups -OCH3 is 2. The number of anilines is 1. The second kappa shape index (κ2) is 14.2. The number of nitrogens with zero attached hydrogens (tertiary/aromatic N) is 2. The van der Waals surface area contributed by atoms with Crippen LogP contribution in [0.4, 0.5) is 5.69 Å². The Balaban J connectivity index is 2.14. The number of rotatable bonds is 13. The number of halogens is 1. The molecular formula is C30H36ClN3O6S. The fourth-order valence-corrected chi connectivity index (χ4v) is 5.88. The number of aryl methyl sites for hydroxylation is 1. The summed E-state index contributed by atoms with van der Waals surface area (Å²) in [5.41, 5.74) is 1.74. The average Bonchev–Trinajstić information content (AvgIpc) is 2.96. The van der Waals surface area contributed by atoms with Crippen LogP contribution in [0.15, 0.2) is 71.6 Å². The summed E-state index contributed by atoms with van der Waals surface area (Å²) in [6.45, 7) is 5.30. The van der Waals surface area contributed by atoms with E-state index in [1.54, 1.807) is 62.4 Å². The van der Waals surface area contributed by atoms with Crippen molar-refractivity contribution in [2.45, 2.75) is 44.7 Å². The van der Waals surface area contributed by atoms with Crippen molar-refractivity contribution in [3.05, 3.63) is 82.9 Å². The molecule has 0 radical (unpaired) electrons. The third kappa shape index (κ3) is 7.71. The standard InChI is InChI=1S/C30H36ClN3O6S/c1-6-26(30(36)32-7-2)33(19-22-10-12-23(31)13-11-22)29(35)20-34(27-18-24(39-4)14-17-28(27)40-5)41(37,38)25-15-8-21(3)9-16-25/h8-18,26H,6-7,19-20H2,1-5H3,(H,32,36)/t26-/m0/s1. The predicted octanol–water partition coefficient (Wildman–Crippen LogP) is 4.80. The van der Waals surface area contributed by atoms with Crippen molar-refractivity contribution in [3.63, 3.8) is 0 Å². The fourth-order valence-electron chi connectivity index (χ4n) is 4.34. The first-order valence-electron chi connectivity index (χ1n) is 13.2. The summed E-state index contributed by atoms with van der Waals surface area (Å²) >= 11 is 6.06. The number of likely N-dealkylation sites (N-methyl/N-ethyl adjacent to an activating group) is 1. The molecule has 0 bridgehead atoms. The minimum Gasteiger partial charge on any atom is -0.497 e. The molecule has 0 saturated carbocycles. The minimum absolute atomic E-state index is 0.000733. The van der Waals surface area contributed by atoms with Crippen LogP contribution in [0.25, 0.3) is 0 Å². The predicted molar refractivity (Wildman–Crippen MR) is 160 cm³/mol. The molecule has 0 spiro atoms. The molecule has 41 heavy (non-hydrogen) atoms. The number of benzene rings is 3. The molecule has 3 rings (SSSR count). The van der Waals surface area contributed by atoms with Crippen molar-refractivity contribution in [3.8, 4) is 11.5 Å². The van der Waals surface area contributed by atoms with E-state index in [1.807, 2.05) is 6.92 Å². The Kier molecular flexibility index (Phi) is 11.0. The lowest BCUT2D eigenvalue weighted by Gasteiger charge is -2.33. The molecule has 1 atom stereocenters. The van der Waals surface area contributed by atoms with Gasteiger partial charge < -0.3 is 19.7 Å². The zero-order valence-electron chi connectivity index (χ0n) is 23.9. The highest BCUT2D eigenvalue weighted by Gasteiger charge is 2.35. The second-order valence-electron chi connectivity index (χ2n) is 9.33. The lowest BCUT2D eigenvalue weighted by Crippen LogP contribution is -2.52. The number of ether oxygens (including phenoxy) is 2. The minimum atomic E-state index is -4.27. The first-order valence-corrected chi connectivity index (χ1v) is 15.0. The molecule has 11 heteroatoms. The Bertz CT molecular complexity index is 1450. The van der Waals surface area contributed by atoms with Gasteiger partial charge in [0.05, 0.1) is 24.8 Å². The van der Waals surface area contributed by atoms with E-state index in [2.05, 4.69) is 5.32 Å². The molecule has 0 aromatic heterocycles. The van der Waals surface area contributed by atoms with E-state index in [0.717, 1.165) is 15.4 Å². The van der Waals surface area contributed by atoms with Crippen molar-refractivity contribution in [1.29, 1.82) is 0 Å². The summed E-state index contributed by atoms with van der Waals surface area (Å²) in [7, 11) is -1.39. The summed E-state index contributed by atoms with van der Waals surface area (Å²) in [5, 5.41) is 3.31. The normalized spacial score (nSPS) is 11.9. The highest BCUT2D eigenvalue weighted by Crippen LogP contribution is 2.36. The summed E-state index contributed by atoms with van der Waals surface area (Å²) in [4.78, 5) is 28.6. The van der Waals surface area contributed by atoms with Crippen LogP contribution in [0.2, 0.25) is 5.02 Å². The van der Waals surface area contributed by atoms with E-state index < -0.39 is 28.5 Å². The number of amides is 2. The third-order valence-corrected chi connectivity index (χ3v) is 8.57. The Morgan fingerprint density at radius 3 is 2.17 bits per heavy atom. The van der Waals surface area contributed by atoms with Crippen LogP contribution in [-0.4, -0.2) is 58.5 Å². The van der Waals surface area contributed by atoms with Crippen molar-refractivity contribution in [2.24, 2.45) is 0 Å². The zero-order valence-corrected chi connectivity index (χ0v) is 25.5. The van der Waals surface area contributed by atoms with Crippen molar-refractivity contribution in [1.82, 2.24) is 10.2 Å². The molecule has 0 aliphatic carbocycles. The number of nitrogens with one attached hydrogen (secondary N) is 1. The van der Waals surface area contributed by atoms with Gasteiger partial charge in [0.25, 0.3) is 10.0 Å². The van der Waals surface area contributed by atoms with Gasteiger partial charge in [0.2, 0.25) is 11.8 Å². The number of sulfonamides is 1. The largest absolute Gasteiger partial charge is 0.497 e. The average molecular weight is 602 g/mol. The summed E-state index contributed by atoms with van der Waals surface area (Å²) in [6, 6.07) is 17.1. The lowest BCUT2D eigenvalue weighted by molar-refractivity contribution is -0.140. The lowest BCUT2D eigenvalue weighted by atomic mass is 10.1. The maximum absolute atomic E-state index is 14.1. The van der Waals surface area contributed by atoms with E-state index in [9.17, 15) is 18.0 Å². The van der Waals surface area contributed by atoms with Crippen LogP contribution in [0.1, 0.15) is 31.4 Å². The quantitative estimate of drug-likeness (QED) is 0.302.